The van der Waals surface area contributed by atoms with Gasteiger partial charge in [-0.1, -0.05) is 19.9 Å². The highest BCUT2D eigenvalue weighted by Crippen LogP contribution is 2.27. The predicted octanol–water partition coefficient (Wildman–Crippen LogP) is 3.00. The first-order valence-electron chi connectivity index (χ1n) is 3.98. The number of pyridine rings is 1. The standard InChI is InChI=1S/C7H3F3N2.C2H6/c8-7(9,10)6-3-1-2-5(4-11)12-6;1-2/h1-3H;1-2H3. The van der Waals surface area contributed by atoms with Crippen LogP contribution in [0.1, 0.15) is 25.2 Å². The highest BCUT2D eigenvalue weighted by Gasteiger charge is 2.32. The fraction of sp³-hybridized carbons (Fsp3) is 0.333. The Morgan fingerprint density at radius 2 is 1.86 bits per heavy atom. The highest BCUT2D eigenvalue weighted by atomic mass is 19.4. The van der Waals surface area contributed by atoms with E-state index in [4.69, 9.17) is 5.26 Å². The molecule has 0 unspecified atom stereocenters. The molecule has 2 nitrogen and oxygen atoms in total. The number of hydrogen-bond acceptors (Lipinski definition) is 2. The van der Waals surface area contributed by atoms with E-state index in [0.717, 1.165) is 12.1 Å². The molecule has 1 rings (SSSR count). The van der Waals surface area contributed by atoms with Crippen LogP contribution in [0.3, 0.4) is 0 Å². The van der Waals surface area contributed by atoms with Crippen LogP contribution in [0.15, 0.2) is 18.2 Å². The summed E-state index contributed by atoms with van der Waals surface area (Å²) in [6, 6.07) is 4.71. The number of halogens is 3. The zero-order valence-corrected chi connectivity index (χ0v) is 7.76. The molecule has 1 heterocycles. The lowest BCUT2D eigenvalue weighted by Crippen LogP contribution is -2.08. The predicted molar refractivity (Wildman–Crippen MR) is 45.3 cm³/mol. The zero-order chi connectivity index (χ0) is 11.2. The second-order valence-electron chi connectivity index (χ2n) is 2.02. The number of aromatic nitrogens is 1. The SMILES string of the molecule is CC.N#Cc1cccc(C(F)(F)F)n1. The quantitative estimate of drug-likeness (QED) is 0.648. The van der Waals surface area contributed by atoms with E-state index in [-0.39, 0.29) is 5.69 Å². The molecule has 1 aromatic rings. The monoisotopic (exact) mass is 202 g/mol. The van der Waals surface area contributed by atoms with Crippen molar-refractivity contribution in [2.45, 2.75) is 20.0 Å². The van der Waals surface area contributed by atoms with Gasteiger partial charge in [0.15, 0.2) is 0 Å². The molecule has 0 radical (unpaired) electrons. The third-order valence-corrected chi connectivity index (χ3v) is 1.15. The van der Waals surface area contributed by atoms with Crippen LogP contribution in [0, 0.1) is 11.3 Å². The molecule has 0 aromatic carbocycles. The Labute approximate surface area is 80.0 Å². The second-order valence-corrected chi connectivity index (χ2v) is 2.02. The van der Waals surface area contributed by atoms with Gasteiger partial charge in [-0.25, -0.2) is 4.98 Å². The minimum Gasteiger partial charge on any atom is -0.233 e. The van der Waals surface area contributed by atoms with E-state index in [1.165, 1.54) is 12.1 Å². The highest BCUT2D eigenvalue weighted by molar-refractivity contribution is 5.23. The average Bonchev–Trinajstić information content (AvgIpc) is 2.20. The van der Waals surface area contributed by atoms with Crippen LogP contribution >= 0.6 is 0 Å². The minimum atomic E-state index is -4.48. The maximum atomic E-state index is 11.9. The largest absolute Gasteiger partial charge is 0.433 e. The molecule has 14 heavy (non-hydrogen) atoms. The summed E-state index contributed by atoms with van der Waals surface area (Å²) in [5.74, 6) is 0. The van der Waals surface area contributed by atoms with Gasteiger partial charge in [-0.2, -0.15) is 18.4 Å². The maximum Gasteiger partial charge on any atom is 0.433 e. The van der Waals surface area contributed by atoms with Crippen LogP contribution < -0.4 is 0 Å². The van der Waals surface area contributed by atoms with E-state index < -0.39 is 11.9 Å². The minimum absolute atomic E-state index is 0.232. The van der Waals surface area contributed by atoms with Crippen LogP contribution in [0.4, 0.5) is 13.2 Å². The van der Waals surface area contributed by atoms with Crippen molar-refractivity contribution < 1.29 is 13.2 Å². The number of alkyl halides is 3. The molecule has 0 atom stereocenters. The summed E-state index contributed by atoms with van der Waals surface area (Å²) in [6.07, 6.45) is -4.48. The number of nitriles is 1. The van der Waals surface area contributed by atoms with Crippen molar-refractivity contribution >= 4 is 0 Å². The Bertz CT molecular complexity index is 326. The molecular formula is C9H9F3N2. The topological polar surface area (TPSA) is 36.7 Å². The molecule has 76 valence electrons. The van der Waals surface area contributed by atoms with Gasteiger partial charge in [-0.3, -0.25) is 0 Å². The molecule has 0 fully saturated rings. The zero-order valence-electron chi connectivity index (χ0n) is 7.76. The Morgan fingerprint density at radius 1 is 1.29 bits per heavy atom. The van der Waals surface area contributed by atoms with Gasteiger partial charge in [0.1, 0.15) is 17.5 Å². The van der Waals surface area contributed by atoms with E-state index in [9.17, 15) is 13.2 Å². The van der Waals surface area contributed by atoms with Crippen molar-refractivity contribution in [1.29, 1.82) is 5.26 Å². The summed E-state index contributed by atoms with van der Waals surface area (Å²) in [7, 11) is 0. The van der Waals surface area contributed by atoms with Gasteiger partial charge in [-0.15, -0.1) is 0 Å². The lowest BCUT2D eigenvalue weighted by Gasteiger charge is -2.03. The van der Waals surface area contributed by atoms with E-state index in [2.05, 4.69) is 4.98 Å². The van der Waals surface area contributed by atoms with Crippen molar-refractivity contribution in [3.05, 3.63) is 29.6 Å². The van der Waals surface area contributed by atoms with Crippen molar-refractivity contribution in [2.75, 3.05) is 0 Å². The van der Waals surface area contributed by atoms with Crippen molar-refractivity contribution in [3.8, 4) is 6.07 Å². The van der Waals surface area contributed by atoms with Gasteiger partial charge in [0.2, 0.25) is 0 Å². The Morgan fingerprint density at radius 3 is 2.29 bits per heavy atom. The number of nitrogens with zero attached hydrogens (tertiary/aromatic N) is 2. The maximum absolute atomic E-state index is 11.9. The molecule has 0 aliphatic rings. The molecule has 0 aliphatic carbocycles. The summed E-state index contributed by atoms with van der Waals surface area (Å²) in [5.41, 5.74) is -1.27. The molecule has 0 aliphatic heterocycles. The first-order valence-corrected chi connectivity index (χ1v) is 3.98. The summed E-state index contributed by atoms with van der Waals surface area (Å²) in [6.45, 7) is 4.00. The molecule has 0 amide bonds. The fourth-order valence-corrected chi connectivity index (χ4v) is 0.655. The van der Waals surface area contributed by atoms with Gasteiger partial charge in [-0.05, 0) is 12.1 Å². The second kappa shape index (κ2) is 5.22. The summed E-state index contributed by atoms with van der Waals surface area (Å²) >= 11 is 0. The van der Waals surface area contributed by atoms with Gasteiger partial charge in [0, 0.05) is 0 Å². The average molecular weight is 202 g/mol. The van der Waals surface area contributed by atoms with Gasteiger partial charge in [0.05, 0.1) is 0 Å². The number of rotatable bonds is 0. The Balaban J connectivity index is 0.000000791. The lowest BCUT2D eigenvalue weighted by atomic mass is 10.3. The van der Waals surface area contributed by atoms with Gasteiger partial charge >= 0.3 is 6.18 Å². The normalized spacial score (nSPS) is 9.71. The first-order chi connectivity index (χ1) is 6.54. The molecule has 1 aromatic heterocycles. The van der Waals surface area contributed by atoms with E-state index in [1.54, 1.807) is 0 Å². The smallest absolute Gasteiger partial charge is 0.233 e. The molecule has 5 heteroatoms. The van der Waals surface area contributed by atoms with Crippen LogP contribution in [-0.2, 0) is 6.18 Å². The summed E-state index contributed by atoms with van der Waals surface area (Å²) < 4.78 is 35.8. The van der Waals surface area contributed by atoms with Gasteiger partial charge in [0.25, 0.3) is 0 Å². The molecule has 0 saturated carbocycles. The van der Waals surface area contributed by atoms with E-state index >= 15 is 0 Å². The Hall–Kier alpha value is -1.57. The Kier molecular flexibility index (Phi) is 4.64. The van der Waals surface area contributed by atoms with Gasteiger partial charge < -0.3 is 0 Å². The van der Waals surface area contributed by atoms with Crippen molar-refractivity contribution in [3.63, 3.8) is 0 Å². The first kappa shape index (κ1) is 12.4. The van der Waals surface area contributed by atoms with E-state index in [0.29, 0.717) is 0 Å². The number of hydrogen-bond donors (Lipinski definition) is 0. The lowest BCUT2D eigenvalue weighted by molar-refractivity contribution is -0.141. The van der Waals surface area contributed by atoms with E-state index in [1.807, 2.05) is 13.8 Å². The van der Waals surface area contributed by atoms with Crippen molar-refractivity contribution in [2.24, 2.45) is 0 Å². The molecule has 0 N–H and O–H groups in total. The third-order valence-electron chi connectivity index (χ3n) is 1.15. The van der Waals surface area contributed by atoms with Crippen LogP contribution in [0.25, 0.3) is 0 Å². The molecule has 0 saturated heterocycles. The molecule has 0 bridgehead atoms. The summed E-state index contributed by atoms with van der Waals surface area (Å²) in [4.78, 5) is 3.08. The van der Waals surface area contributed by atoms with Crippen molar-refractivity contribution in [1.82, 2.24) is 4.98 Å². The third kappa shape index (κ3) is 3.44. The van der Waals surface area contributed by atoms with Crippen LogP contribution in [0.5, 0.6) is 0 Å². The molecular weight excluding hydrogens is 193 g/mol. The molecule has 0 spiro atoms. The van der Waals surface area contributed by atoms with Crippen LogP contribution in [0.2, 0.25) is 0 Å². The van der Waals surface area contributed by atoms with Crippen LogP contribution in [-0.4, -0.2) is 4.98 Å². The fourth-order valence-electron chi connectivity index (χ4n) is 0.655. The summed E-state index contributed by atoms with van der Waals surface area (Å²) in [5, 5.41) is 8.25.